The SMILES string of the molecule is O=CCC(O)c1ccc2ccccc2c1. The molecule has 0 radical (unpaired) electrons. The number of fused-ring (bicyclic) bond motifs is 1. The van der Waals surface area contributed by atoms with Crippen LogP contribution in [0.15, 0.2) is 42.5 Å². The van der Waals surface area contributed by atoms with Crippen molar-refractivity contribution in [2.24, 2.45) is 0 Å². The van der Waals surface area contributed by atoms with Crippen LogP contribution in [0.1, 0.15) is 18.1 Å². The van der Waals surface area contributed by atoms with Crippen molar-refractivity contribution in [3.8, 4) is 0 Å². The molecule has 1 atom stereocenters. The average molecular weight is 200 g/mol. The molecule has 0 aliphatic heterocycles. The van der Waals surface area contributed by atoms with Crippen LogP contribution in [-0.2, 0) is 4.79 Å². The van der Waals surface area contributed by atoms with Crippen LogP contribution < -0.4 is 0 Å². The Labute approximate surface area is 88.2 Å². The lowest BCUT2D eigenvalue weighted by Crippen LogP contribution is -1.97. The van der Waals surface area contributed by atoms with E-state index in [2.05, 4.69) is 0 Å². The van der Waals surface area contributed by atoms with Crippen LogP contribution in [0, 0.1) is 0 Å². The Balaban J connectivity index is 2.42. The topological polar surface area (TPSA) is 37.3 Å². The normalized spacial score (nSPS) is 12.6. The van der Waals surface area contributed by atoms with E-state index in [4.69, 9.17) is 0 Å². The van der Waals surface area contributed by atoms with E-state index in [1.807, 2.05) is 42.5 Å². The zero-order valence-corrected chi connectivity index (χ0v) is 8.26. The molecule has 0 amide bonds. The highest BCUT2D eigenvalue weighted by Crippen LogP contribution is 2.21. The van der Waals surface area contributed by atoms with Gasteiger partial charge in [-0.05, 0) is 22.4 Å². The minimum absolute atomic E-state index is 0.151. The zero-order valence-electron chi connectivity index (χ0n) is 8.26. The summed E-state index contributed by atoms with van der Waals surface area (Å²) < 4.78 is 0. The molecule has 2 heteroatoms. The third-order valence-corrected chi connectivity index (χ3v) is 2.48. The van der Waals surface area contributed by atoms with Crippen molar-refractivity contribution in [2.75, 3.05) is 0 Å². The Hall–Kier alpha value is -1.67. The van der Waals surface area contributed by atoms with Crippen LogP contribution in [0.5, 0.6) is 0 Å². The number of aliphatic hydroxyl groups excluding tert-OH is 1. The molecule has 15 heavy (non-hydrogen) atoms. The summed E-state index contributed by atoms with van der Waals surface area (Å²) in [4.78, 5) is 10.3. The second-order valence-corrected chi connectivity index (χ2v) is 3.52. The molecule has 0 spiro atoms. The average Bonchev–Trinajstić information content (AvgIpc) is 2.29. The van der Waals surface area contributed by atoms with Crippen LogP contribution in [0.4, 0.5) is 0 Å². The first-order chi connectivity index (χ1) is 7.31. The van der Waals surface area contributed by atoms with Crippen molar-refractivity contribution in [1.82, 2.24) is 0 Å². The molecule has 2 rings (SSSR count). The number of aliphatic hydroxyl groups is 1. The summed E-state index contributed by atoms with van der Waals surface area (Å²) in [5.41, 5.74) is 0.792. The maximum atomic E-state index is 10.3. The molecule has 0 saturated heterocycles. The second-order valence-electron chi connectivity index (χ2n) is 3.52. The Morgan fingerprint density at radius 2 is 1.87 bits per heavy atom. The molecule has 0 aromatic heterocycles. The largest absolute Gasteiger partial charge is 0.388 e. The summed E-state index contributed by atoms with van der Waals surface area (Å²) in [6.45, 7) is 0. The molecule has 0 saturated carbocycles. The lowest BCUT2D eigenvalue weighted by atomic mass is 10.0. The van der Waals surface area contributed by atoms with Gasteiger partial charge in [0.25, 0.3) is 0 Å². The number of carbonyl (C=O) groups excluding carboxylic acids is 1. The number of rotatable bonds is 3. The molecule has 1 unspecified atom stereocenters. The highest BCUT2D eigenvalue weighted by molar-refractivity contribution is 5.83. The summed E-state index contributed by atoms with van der Waals surface area (Å²) in [5, 5.41) is 11.9. The summed E-state index contributed by atoms with van der Waals surface area (Å²) in [5.74, 6) is 0. The summed E-state index contributed by atoms with van der Waals surface area (Å²) in [6.07, 6.45) is 0.199. The summed E-state index contributed by atoms with van der Waals surface area (Å²) in [6, 6.07) is 13.7. The standard InChI is InChI=1S/C13H12O2/c14-8-7-13(15)12-6-5-10-3-1-2-4-11(10)9-12/h1-6,8-9,13,15H,7H2. The third-order valence-electron chi connectivity index (χ3n) is 2.48. The first kappa shape index (κ1) is 9.87. The molecule has 2 aromatic carbocycles. The van der Waals surface area contributed by atoms with Gasteiger partial charge in [0.05, 0.1) is 6.10 Å². The quantitative estimate of drug-likeness (QED) is 0.773. The lowest BCUT2D eigenvalue weighted by molar-refractivity contribution is -0.109. The highest BCUT2D eigenvalue weighted by Gasteiger charge is 2.06. The van der Waals surface area contributed by atoms with E-state index >= 15 is 0 Å². The Morgan fingerprint density at radius 3 is 2.60 bits per heavy atom. The zero-order chi connectivity index (χ0) is 10.7. The monoisotopic (exact) mass is 200 g/mol. The fraction of sp³-hybridized carbons (Fsp3) is 0.154. The predicted molar refractivity (Wildman–Crippen MR) is 59.6 cm³/mol. The van der Waals surface area contributed by atoms with Gasteiger partial charge >= 0.3 is 0 Å². The molecule has 0 fully saturated rings. The number of benzene rings is 2. The van der Waals surface area contributed by atoms with Crippen LogP contribution >= 0.6 is 0 Å². The minimum Gasteiger partial charge on any atom is -0.388 e. The van der Waals surface area contributed by atoms with E-state index in [1.165, 1.54) is 0 Å². The van der Waals surface area contributed by atoms with Crippen molar-refractivity contribution in [1.29, 1.82) is 0 Å². The Bertz CT molecular complexity index is 477. The van der Waals surface area contributed by atoms with E-state index in [0.717, 1.165) is 22.6 Å². The summed E-state index contributed by atoms with van der Waals surface area (Å²) >= 11 is 0. The molecule has 1 N–H and O–H groups in total. The third kappa shape index (κ3) is 2.05. The van der Waals surface area contributed by atoms with Gasteiger partial charge < -0.3 is 9.90 Å². The van der Waals surface area contributed by atoms with Crippen molar-refractivity contribution < 1.29 is 9.90 Å². The smallest absolute Gasteiger partial charge is 0.122 e. The van der Waals surface area contributed by atoms with Crippen molar-refractivity contribution >= 4 is 17.1 Å². The second kappa shape index (κ2) is 4.24. The molecular formula is C13H12O2. The molecule has 0 aliphatic rings. The van der Waals surface area contributed by atoms with Crippen LogP contribution in [-0.4, -0.2) is 11.4 Å². The Morgan fingerprint density at radius 1 is 1.13 bits per heavy atom. The van der Waals surface area contributed by atoms with Gasteiger partial charge in [0.2, 0.25) is 0 Å². The Kier molecular flexibility index (Phi) is 2.79. The van der Waals surface area contributed by atoms with Crippen molar-refractivity contribution in [3.63, 3.8) is 0 Å². The fourth-order valence-corrected chi connectivity index (χ4v) is 1.64. The molecule has 76 valence electrons. The fourth-order valence-electron chi connectivity index (χ4n) is 1.64. The van der Waals surface area contributed by atoms with Gasteiger partial charge in [0.1, 0.15) is 6.29 Å². The van der Waals surface area contributed by atoms with Crippen molar-refractivity contribution in [3.05, 3.63) is 48.0 Å². The van der Waals surface area contributed by atoms with Gasteiger partial charge in [-0.1, -0.05) is 36.4 Å². The lowest BCUT2D eigenvalue weighted by Gasteiger charge is -2.08. The van der Waals surface area contributed by atoms with Crippen LogP contribution in [0.2, 0.25) is 0 Å². The number of hydrogen-bond donors (Lipinski definition) is 1. The van der Waals surface area contributed by atoms with E-state index in [0.29, 0.717) is 0 Å². The van der Waals surface area contributed by atoms with E-state index in [9.17, 15) is 9.90 Å². The highest BCUT2D eigenvalue weighted by atomic mass is 16.3. The number of hydrogen-bond acceptors (Lipinski definition) is 2. The van der Waals surface area contributed by atoms with Crippen LogP contribution in [0.25, 0.3) is 10.8 Å². The van der Waals surface area contributed by atoms with Crippen molar-refractivity contribution in [2.45, 2.75) is 12.5 Å². The van der Waals surface area contributed by atoms with E-state index in [1.54, 1.807) is 0 Å². The first-order valence-corrected chi connectivity index (χ1v) is 4.91. The molecule has 0 aliphatic carbocycles. The van der Waals surface area contributed by atoms with Gasteiger partial charge in [0, 0.05) is 6.42 Å². The molecular weight excluding hydrogens is 188 g/mol. The minimum atomic E-state index is -0.688. The summed E-state index contributed by atoms with van der Waals surface area (Å²) in [7, 11) is 0. The maximum Gasteiger partial charge on any atom is 0.122 e. The predicted octanol–water partition coefficient (Wildman–Crippen LogP) is 2.46. The maximum absolute atomic E-state index is 10.3. The molecule has 0 heterocycles. The van der Waals surface area contributed by atoms with Gasteiger partial charge in [0.15, 0.2) is 0 Å². The first-order valence-electron chi connectivity index (χ1n) is 4.91. The molecule has 0 bridgehead atoms. The van der Waals surface area contributed by atoms with E-state index < -0.39 is 6.10 Å². The molecule has 2 aromatic rings. The number of aldehydes is 1. The van der Waals surface area contributed by atoms with Gasteiger partial charge in [-0.3, -0.25) is 0 Å². The van der Waals surface area contributed by atoms with Gasteiger partial charge in [-0.25, -0.2) is 0 Å². The van der Waals surface area contributed by atoms with E-state index in [-0.39, 0.29) is 6.42 Å². The van der Waals surface area contributed by atoms with Gasteiger partial charge in [-0.2, -0.15) is 0 Å². The van der Waals surface area contributed by atoms with Gasteiger partial charge in [-0.15, -0.1) is 0 Å². The number of carbonyl (C=O) groups is 1. The van der Waals surface area contributed by atoms with Crippen LogP contribution in [0.3, 0.4) is 0 Å². The molecule has 2 nitrogen and oxygen atoms in total.